The summed E-state index contributed by atoms with van der Waals surface area (Å²) in [5.74, 6) is 0.465. The highest BCUT2D eigenvalue weighted by Gasteiger charge is 2.36. The van der Waals surface area contributed by atoms with E-state index in [4.69, 9.17) is 4.42 Å². The maximum absolute atomic E-state index is 12.4. The van der Waals surface area contributed by atoms with Crippen molar-refractivity contribution in [3.05, 3.63) is 36.1 Å². The van der Waals surface area contributed by atoms with Crippen molar-refractivity contribution in [2.45, 2.75) is 6.04 Å². The van der Waals surface area contributed by atoms with E-state index in [1.165, 1.54) is 0 Å². The van der Waals surface area contributed by atoms with Crippen LogP contribution in [0.15, 0.2) is 34.7 Å². The Morgan fingerprint density at radius 3 is 2.71 bits per heavy atom. The molecule has 0 spiro atoms. The molecule has 2 aliphatic rings. The predicted molar refractivity (Wildman–Crippen MR) is 80.3 cm³/mol. The molecule has 0 saturated carbocycles. The number of para-hydroxylation sites is 1. The number of carbonyl (C=O) groups excluding carboxylic acids is 1. The van der Waals surface area contributed by atoms with Crippen molar-refractivity contribution in [3.8, 4) is 0 Å². The van der Waals surface area contributed by atoms with Crippen molar-refractivity contribution in [2.24, 2.45) is 0 Å². The molecule has 1 aromatic carbocycles. The minimum Gasteiger partial charge on any atom is -0.451 e. The Bertz CT molecular complexity index is 621. The second-order valence-corrected chi connectivity index (χ2v) is 5.80. The van der Waals surface area contributed by atoms with Crippen molar-refractivity contribution >= 4 is 16.9 Å². The van der Waals surface area contributed by atoms with Crippen molar-refractivity contribution in [1.29, 1.82) is 0 Å². The largest absolute Gasteiger partial charge is 0.451 e. The third-order valence-corrected chi connectivity index (χ3v) is 4.45. The molecule has 2 aromatic rings. The molecule has 3 heterocycles. The predicted octanol–water partition coefficient (Wildman–Crippen LogP) is 1.16. The standard InChI is InChI=1S/C16H19N3O2/c20-16(15-9-12-3-1-2-4-14(12)21-15)19-10-13(11-19)18-7-5-17-6-8-18/h1-4,9,13,17H,5-8,10-11H2. The highest BCUT2D eigenvalue weighted by atomic mass is 16.3. The van der Waals surface area contributed by atoms with Crippen molar-refractivity contribution in [1.82, 2.24) is 15.1 Å². The van der Waals surface area contributed by atoms with Crippen LogP contribution in [0.25, 0.3) is 11.0 Å². The van der Waals surface area contributed by atoms with Gasteiger partial charge in [-0.25, -0.2) is 0 Å². The number of furan rings is 1. The van der Waals surface area contributed by atoms with Gasteiger partial charge in [-0.15, -0.1) is 0 Å². The molecule has 1 aromatic heterocycles. The van der Waals surface area contributed by atoms with Crippen LogP contribution in [-0.4, -0.2) is 61.0 Å². The maximum Gasteiger partial charge on any atom is 0.289 e. The Labute approximate surface area is 123 Å². The number of hydrogen-bond donors (Lipinski definition) is 1. The van der Waals surface area contributed by atoms with Gasteiger partial charge in [0.2, 0.25) is 0 Å². The third kappa shape index (κ3) is 2.32. The fourth-order valence-corrected chi connectivity index (χ4v) is 3.14. The lowest BCUT2D eigenvalue weighted by atomic mass is 10.1. The lowest BCUT2D eigenvalue weighted by molar-refractivity contribution is 0.0206. The van der Waals surface area contributed by atoms with E-state index < -0.39 is 0 Å². The van der Waals surface area contributed by atoms with Gasteiger partial charge in [0.25, 0.3) is 5.91 Å². The minimum absolute atomic E-state index is 0.0117. The Kier molecular flexibility index (Phi) is 3.16. The molecule has 110 valence electrons. The summed E-state index contributed by atoms with van der Waals surface area (Å²) in [7, 11) is 0. The number of amides is 1. The quantitative estimate of drug-likeness (QED) is 0.899. The molecule has 4 rings (SSSR count). The number of fused-ring (bicyclic) bond motifs is 1. The van der Waals surface area contributed by atoms with Crippen LogP contribution in [0, 0.1) is 0 Å². The number of piperazine rings is 1. The Morgan fingerprint density at radius 1 is 1.19 bits per heavy atom. The molecule has 2 saturated heterocycles. The van der Waals surface area contributed by atoms with Gasteiger partial charge in [0.15, 0.2) is 5.76 Å². The first kappa shape index (κ1) is 12.9. The van der Waals surface area contributed by atoms with Crippen LogP contribution in [0.1, 0.15) is 10.6 Å². The van der Waals surface area contributed by atoms with Crippen molar-refractivity contribution in [2.75, 3.05) is 39.3 Å². The smallest absolute Gasteiger partial charge is 0.289 e. The maximum atomic E-state index is 12.4. The molecule has 2 aliphatic heterocycles. The van der Waals surface area contributed by atoms with E-state index in [-0.39, 0.29) is 5.91 Å². The zero-order chi connectivity index (χ0) is 14.2. The Balaban J connectivity index is 1.42. The van der Waals surface area contributed by atoms with Gasteiger partial charge in [-0.05, 0) is 12.1 Å². The molecule has 2 fully saturated rings. The second-order valence-electron chi connectivity index (χ2n) is 5.80. The summed E-state index contributed by atoms with van der Waals surface area (Å²) in [4.78, 5) is 16.8. The SMILES string of the molecule is O=C(c1cc2ccccc2o1)N1CC(N2CCNCC2)C1. The molecule has 0 aliphatic carbocycles. The second kappa shape index (κ2) is 5.16. The zero-order valence-corrected chi connectivity index (χ0v) is 11.9. The zero-order valence-electron chi connectivity index (χ0n) is 11.9. The lowest BCUT2D eigenvalue weighted by Gasteiger charge is -2.46. The number of nitrogens with zero attached hydrogens (tertiary/aromatic N) is 2. The minimum atomic E-state index is 0.0117. The number of carbonyl (C=O) groups is 1. The fraction of sp³-hybridized carbons (Fsp3) is 0.438. The van der Waals surface area contributed by atoms with E-state index in [1.54, 1.807) is 0 Å². The molecular weight excluding hydrogens is 266 g/mol. The summed E-state index contributed by atoms with van der Waals surface area (Å²) in [6, 6.07) is 10.1. The fourth-order valence-electron chi connectivity index (χ4n) is 3.14. The summed E-state index contributed by atoms with van der Waals surface area (Å²) in [5.41, 5.74) is 0.778. The number of likely N-dealkylation sites (tertiary alicyclic amines) is 1. The van der Waals surface area contributed by atoms with E-state index in [0.717, 1.165) is 50.2 Å². The van der Waals surface area contributed by atoms with Crippen LogP contribution in [0.3, 0.4) is 0 Å². The van der Waals surface area contributed by atoms with Gasteiger partial charge >= 0.3 is 0 Å². The van der Waals surface area contributed by atoms with Gasteiger partial charge in [-0.1, -0.05) is 18.2 Å². The third-order valence-electron chi connectivity index (χ3n) is 4.45. The summed E-state index contributed by atoms with van der Waals surface area (Å²) < 4.78 is 5.65. The van der Waals surface area contributed by atoms with E-state index in [0.29, 0.717) is 11.8 Å². The number of hydrogen-bond acceptors (Lipinski definition) is 4. The molecule has 0 radical (unpaired) electrons. The molecule has 0 unspecified atom stereocenters. The highest BCUT2D eigenvalue weighted by molar-refractivity contribution is 5.96. The summed E-state index contributed by atoms with van der Waals surface area (Å²) in [6.07, 6.45) is 0. The molecule has 1 amide bonds. The van der Waals surface area contributed by atoms with Crippen molar-refractivity contribution < 1.29 is 9.21 Å². The van der Waals surface area contributed by atoms with Gasteiger partial charge in [0.1, 0.15) is 5.58 Å². The van der Waals surface area contributed by atoms with Gasteiger partial charge < -0.3 is 14.6 Å². The first-order valence-corrected chi connectivity index (χ1v) is 7.54. The topological polar surface area (TPSA) is 48.7 Å². The van der Waals surface area contributed by atoms with Crippen molar-refractivity contribution in [3.63, 3.8) is 0 Å². The number of nitrogens with one attached hydrogen (secondary N) is 1. The van der Waals surface area contributed by atoms with E-state index in [1.807, 2.05) is 35.2 Å². The molecular formula is C16H19N3O2. The van der Waals surface area contributed by atoms with E-state index >= 15 is 0 Å². The molecule has 0 bridgehead atoms. The van der Waals surface area contributed by atoms with Crippen LogP contribution in [0.4, 0.5) is 0 Å². The Morgan fingerprint density at radius 2 is 1.95 bits per heavy atom. The van der Waals surface area contributed by atoms with E-state index in [2.05, 4.69) is 10.2 Å². The van der Waals surface area contributed by atoms with E-state index in [9.17, 15) is 4.79 Å². The highest BCUT2D eigenvalue weighted by Crippen LogP contribution is 2.23. The van der Waals surface area contributed by atoms with Crippen LogP contribution in [-0.2, 0) is 0 Å². The van der Waals surface area contributed by atoms with Gasteiger partial charge in [-0.2, -0.15) is 0 Å². The van der Waals surface area contributed by atoms with Gasteiger partial charge in [0, 0.05) is 50.7 Å². The first-order valence-electron chi connectivity index (χ1n) is 7.54. The van der Waals surface area contributed by atoms with Crippen LogP contribution < -0.4 is 5.32 Å². The van der Waals surface area contributed by atoms with Crippen LogP contribution in [0.2, 0.25) is 0 Å². The lowest BCUT2D eigenvalue weighted by Crippen LogP contribution is -2.63. The average molecular weight is 285 g/mol. The molecule has 0 atom stereocenters. The number of rotatable bonds is 2. The van der Waals surface area contributed by atoms with Gasteiger partial charge in [-0.3, -0.25) is 9.69 Å². The van der Waals surface area contributed by atoms with Crippen LogP contribution in [0.5, 0.6) is 0 Å². The first-order chi connectivity index (χ1) is 10.3. The van der Waals surface area contributed by atoms with Gasteiger partial charge in [0.05, 0.1) is 0 Å². The van der Waals surface area contributed by atoms with Crippen LogP contribution >= 0.6 is 0 Å². The summed E-state index contributed by atoms with van der Waals surface area (Å²) in [6.45, 7) is 5.89. The monoisotopic (exact) mass is 285 g/mol. The molecule has 5 heteroatoms. The molecule has 5 nitrogen and oxygen atoms in total. The molecule has 21 heavy (non-hydrogen) atoms. The normalized spacial score (nSPS) is 20.7. The number of benzene rings is 1. The average Bonchev–Trinajstić information content (AvgIpc) is 2.90. The summed E-state index contributed by atoms with van der Waals surface area (Å²) in [5, 5.41) is 4.34. The molecule has 1 N–H and O–H groups in total. The Hall–Kier alpha value is -1.85. The summed E-state index contributed by atoms with van der Waals surface area (Å²) >= 11 is 0.